The highest BCUT2D eigenvalue weighted by molar-refractivity contribution is 7.80. The second-order valence-electron chi connectivity index (χ2n) is 3.49. The van der Waals surface area contributed by atoms with E-state index in [1.54, 1.807) is 0 Å². The highest BCUT2D eigenvalue weighted by Crippen LogP contribution is 2.36. The Bertz CT molecular complexity index is 502. The van der Waals surface area contributed by atoms with E-state index in [1.165, 1.54) is 18.2 Å². The van der Waals surface area contributed by atoms with Crippen molar-refractivity contribution in [3.05, 3.63) is 35.9 Å². The lowest BCUT2D eigenvalue weighted by molar-refractivity contribution is -0.247. The molecule has 0 heterocycles. The first-order valence-electron chi connectivity index (χ1n) is 4.86. The molecule has 0 aromatic heterocycles. The van der Waals surface area contributed by atoms with Crippen LogP contribution in [-0.4, -0.2) is 32.3 Å². The minimum absolute atomic E-state index is 0.422. The van der Waals surface area contributed by atoms with E-state index in [1.807, 2.05) is 0 Å². The van der Waals surface area contributed by atoms with Gasteiger partial charge in [0.25, 0.3) is 6.10 Å². The molecule has 0 aliphatic heterocycles. The predicted octanol–water partition coefficient (Wildman–Crippen LogP) is 2.25. The predicted molar refractivity (Wildman–Crippen MR) is 55.6 cm³/mol. The molecular weight excluding hydrogens is 311 g/mol. The Balaban J connectivity index is 3.04. The van der Waals surface area contributed by atoms with Crippen LogP contribution in [0.4, 0.5) is 22.0 Å². The van der Waals surface area contributed by atoms with Gasteiger partial charge in [-0.1, -0.05) is 18.2 Å². The monoisotopic (exact) mass is 317 g/mol. The van der Waals surface area contributed by atoms with Gasteiger partial charge in [0.15, 0.2) is 0 Å². The summed E-state index contributed by atoms with van der Waals surface area (Å²) in [4.78, 5) is 11.3. The number of ether oxygens (including phenoxy) is 1. The normalized spacial score (nSPS) is 15.5. The number of rotatable bonds is 4. The molecule has 1 aromatic rings. The molecule has 0 radical (unpaired) electrons. The van der Waals surface area contributed by atoms with E-state index >= 15 is 0 Å². The Morgan fingerprint density at radius 1 is 1.15 bits per heavy atom. The Morgan fingerprint density at radius 3 is 2.05 bits per heavy atom. The SMILES string of the molecule is O=C(OC(C(F)(F)F)C(F)(F)S(=O)[O-])c1ccccc1. The zero-order valence-electron chi connectivity index (χ0n) is 9.40. The molecule has 1 aromatic carbocycles. The van der Waals surface area contributed by atoms with Crippen LogP contribution in [0.1, 0.15) is 10.4 Å². The molecule has 0 N–H and O–H groups in total. The summed E-state index contributed by atoms with van der Waals surface area (Å²) in [5, 5.41) is -5.29. The Kier molecular flexibility index (Phi) is 4.81. The topological polar surface area (TPSA) is 66.4 Å². The molecule has 0 aliphatic carbocycles. The summed E-state index contributed by atoms with van der Waals surface area (Å²) in [6.45, 7) is 0. The summed E-state index contributed by atoms with van der Waals surface area (Å²) in [5.41, 5.74) is -0.422. The van der Waals surface area contributed by atoms with Crippen molar-refractivity contribution >= 4 is 17.0 Å². The van der Waals surface area contributed by atoms with Crippen LogP contribution in [0.2, 0.25) is 0 Å². The Morgan fingerprint density at radius 2 is 1.65 bits per heavy atom. The molecule has 0 saturated carbocycles. The molecule has 2 unspecified atom stereocenters. The van der Waals surface area contributed by atoms with Gasteiger partial charge in [0.05, 0.1) is 5.56 Å². The van der Waals surface area contributed by atoms with Gasteiger partial charge in [0.1, 0.15) is 0 Å². The average Bonchev–Trinajstić information content (AvgIpc) is 2.34. The molecule has 2 atom stereocenters. The molecule has 1 rings (SSSR count). The van der Waals surface area contributed by atoms with Crippen molar-refractivity contribution in [2.75, 3.05) is 0 Å². The molecule has 4 nitrogen and oxygen atoms in total. The fourth-order valence-corrected chi connectivity index (χ4v) is 1.52. The van der Waals surface area contributed by atoms with Gasteiger partial charge in [0, 0.05) is 11.1 Å². The number of hydrogen-bond donors (Lipinski definition) is 0. The standard InChI is InChI=1S/C10H7F5O4S/c11-9(12,13)8(10(14,15)20(17)18)19-7(16)6-4-2-1-3-5-6/h1-5,8H,(H,17,18)/p-1. The number of halogens is 5. The maximum atomic E-state index is 13.0. The van der Waals surface area contributed by atoms with E-state index < -0.39 is 40.1 Å². The third-order valence-electron chi connectivity index (χ3n) is 2.06. The van der Waals surface area contributed by atoms with Crippen LogP contribution in [-0.2, 0) is 15.8 Å². The average molecular weight is 317 g/mol. The van der Waals surface area contributed by atoms with Gasteiger partial charge in [0.2, 0.25) is 0 Å². The summed E-state index contributed by atoms with van der Waals surface area (Å²) < 4.78 is 87.2. The van der Waals surface area contributed by atoms with Gasteiger partial charge in [-0.05, 0) is 12.1 Å². The van der Waals surface area contributed by atoms with Crippen molar-refractivity contribution in [1.29, 1.82) is 0 Å². The highest BCUT2D eigenvalue weighted by atomic mass is 32.2. The molecule has 10 heteroatoms. The fourth-order valence-electron chi connectivity index (χ4n) is 1.16. The van der Waals surface area contributed by atoms with Gasteiger partial charge in [-0.25, -0.2) is 4.79 Å². The van der Waals surface area contributed by atoms with Crippen LogP contribution in [0.5, 0.6) is 0 Å². The van der Waals surface area contributed by atoms with Crippen molar-refractivity contribution in [3.63, 3.8) is 0 Å². The van der Waals surface area contributed by atoms with Crippen LogP contribution in [0.3, 0.4) is 0 Å². The number of benzene rings is 1. The summed E-state index contributed by atoms with van der Waals surface area (Å²) >= 11 is -4.41. The van der Waals surface area contributed by atoms with E-state index in [0.717, 1.165) is 12.1 Å². The molecule has 0 saturated heterocycles. The van der Waals surface area contributed by atoms with Gasteiger partial charge >= 0.3 is 17.4 Å². The Labute approximate surface area is 111 Å². The Hall–Kier alpha value is -1.55. The second kappa shape index (κ2) is 5.83. The first-order valence-corrected chi connectivity index (χ1v) is 5.94. The molecule has 0 amide bonds. The van der Waals surface area contributed by atoms with E-state index in [2.05, 4.69) is 4.74 Å². The number of alkyl halides is 5. The summed E-state index contributed by atoms with van der Waals surface area (Å²) in [6.07, 6.45) is -9.82. The van der Waals surface area contributed by atoms with Gasteiger partial charge in [-0.2, -0.15) is 22.0 Å². The first kappa shape index (κ1) is 16.5. The molecular formula is C10H6F5O4S-. The number of carbonyl (C=O) groups excluding carboxylic acids is 1. The van der Waals surface area contributed by atoms with Gasteiger partial charge in [-0.15, -0.1) is 0 Å². The third kappa shape index (κ3) is 3.73. The zero-order valence-corrected chi connectivity index (χ0v) is 10.2. The number of carbonyl (C=O) groups is 1. The van der Waals surface area contributed by atoms with Crippen LogP contribution < -0.4 is 0 Å². The minimum atomic E-state index is -5.74. The lowest BCUT2D eigenvalue weighted by Crippen LogP contribution is -2.50. The van der Waals surface area contributed by atoms with Crippen molar-refractivity contribution in [2.24, 2.45) is 0 Å². The van der Waals surface area contributed by atoms with Crippen molar-refractivity contribution in [3.8, 4) is 0 Å². The van der Waals surface area contributed by atoms with Crippen LogP contribution >= 0.6 is 0 Å². The minimum Gasteiger partial charge on any atom is -0.768 e. The largest absolute Gasteiger partial charge is 0.768 e. The molecule has 0 spiro atoms. The summed E-state index contributed by atoms with van der Waals surface area (Å²) in [7, 11) is 0. The maximum Gasteiger partial charge on any atom is 0.432 e. The number of hydrogen-bond acceptors (Lipinski definition) is 4. The number of esters is 1. The van der Waals surface area contributed by atoms with Crippen molar-refractivity contribution in [1.82, 2.24) is 0 Å². The molecule has 112 valence electrons. The van der Waals surface area contributed by atoms with Crippen LogP contribution in [0.15, 0.2) is 30.3 Å². The summed E-state index contributed by atoms with van der Waals surface area (Å²) in [6, 6.07) is 6.02. The van der Waals surface area contributed by atoms with E-state index in [0.29, 0.717) is 0 Å². The van der Waals surface area contributed by atoms with Crippen LogP contribution in [0, 0.1) is 0 Å². The lowest BCUT2D eigenvalue weighted by Gasteiger charge is -2.29. The van der Waals surface area contributed by atoms with Crippen molar-refractivity contribution in [2.45, 2.75) is 17.5 Å². The highest BCUT2D eigenvalue weighted by Gasteiger charge is 2.60. The van der Waals surface area contributed by atoms with E-state index in [-0.39, 0.29) is 0 Å². The third-order valence-corrected chi connectivity index (χ3v) is 2.72. The van der Waals surface area contributed by atoms with E-state index in [4.69, 9.17) is 0 Å². The fraction of sp³-hybridized carbons (Fsp3) is 0.300. The molecule has 0 aliphatic rings. The summed E-state index contributed by atoms with van der Waals surface area (Å²) in [5.74, 6) is -1.71. The lowest BCUT2D eigenvalue weighted by atomic mass is 10.2. The van der Waals surface area contributed by atoms with Gasteiger partial charge < -0.3 is 9.29 Å². The quantitative estimate of drug-likeness (QED) is 0.485. The molecule has 20 heavy (non-hydrogen) atoms. The van der Waals surface area contributed by atoms with Gasteiger partial charge in [-0.3, -0.25) is 4.21 Å². The van der Waals surface area contributed by atoms with E-state index in [9.17, 15) is 35.5 Å². The second-order valence-corrected chi connectivity index (χ2v) is 4.50. The first-order chi connectivity index (χ1) is 9.06. The van der Waals surface area contributed by atoms with Crippen molar-refractivity contribution < 1.29 is 40.2 Å². The molecule has 0 bridgehead atoms. The van der Waals surface area contributed by atoms with Crippen LogP contribution in [0.25, 0.3) is 0 Å². The smallest absolute Gasteiger partial charge is 0.432 e. The molecule has 0 fully saturated rings. The zero-order chi connectivity index (χ0) is 15.6. The maximum absolute atomic E-state index is 13.0.